The number of amides is 1. The van der Waals surface area contributed by atoms with Gasteiger partial charge in [0.1, 0.15) is 11.5 Å². The van der Waals surface area contributed by atoms with Crippen LogP contribution in [0.2, 0.25) is 0 Å². The number of aliphatic hydroxyl groups excluding tert-OH is 1. The molecule has 0 radical (unpaired) electrons. The van der Waals surface area contributed by atoms with Crippen molar-refractivity contribution in [1.82, 2.24) is 4.90 Å². The van der Waals surface area contributed by atoms with Gasteiger partial charge in [-0.3, -0.25) is 14.5 Å². The molecule has 170 valence electrons. The van der Waals surface area contributed by atoms with Crippen molar-refractivity contribution in [1.29, 1.82) is 0 Å². The zero-order chi connectivity index (χ0) is 23.3. The summed E-state index contributed by atoms with van der Waals surface area (Å²) in [6.45, 7) is 9.78. The number of ether oxygens (including phenoxy) is 1. The van der Waals surface area contributed by atoms with E-state index in [1.54, 1.807) is 31.4 Å². The molecule has 3 rings (SSSR count). The second-order valence-electron chi connectivity index (χ2n) is 8.67. The normalized spacial score (nSPS) is 24.2. The van der Waals surface area contributed by atoms with Crippen molar-refractivity contribution in [2.24, 2.45) is 5.92 Å². The fourth-order valence-corrected chi connectivity index (χ4v) is 4.66. The van der Waals surface area contributed by atoms with E-state index >= 15 is 0 Å². The summed E-state index contributed by atoms with van der Waals surface area (Å²) in [7, 11) is 1.59. The van der Waals surface area contributed by atoms with E-state index in [2.05, 4.69) is 13.2 Å². The van der Waals surface area contributed by atoms with E-state index in [-0.39, 0.29) is 17.3 Å². The van der Waals surface area contributed by atoms with Gasteiger partial charge in [-0.05, 0) is 56.4 Å². The lowest BCUT2D eigenvalue weighted by Gasteiger charge is -2.31. The maximum Gasteiger partial charge on any atom is 0.299 e. The molecule has 2 aliphatic carbocycles. The van der Waals surface area contributed by atoms with Crippen molar-refractivity contribution in [2.45, 2.75) is 57.9 Å². The Bertz CT molecular complexity index is 952. The first kappa shape index (κ1) is 23.6. The molecule has 0 aromatic heterocycles. The second kappa shape index (κ2) is 10.5. The maximum absolute atomic E-state index is 13.2. The molecule has 0 bridgehead atoms. The molecular formula is C27H33NO4. The van der Waals surface area contributed by atoms with Gasteiger partial charge < -0.3 is 9.84 Å². The lowest BCUT2D eigenvalue weighted by molar-refractivity contribution is -0.138. The van der Waals surface area contributed by atoms with Crippen LogP contribution < -0.4 is 0 Å². The lowest BCUT2D eigenvalue weighted by atomic mass is 9.85. The molecule has 0 spiro atoms. The largest absolute Gasteiger partial charge is 0.507 e. The Morgan fingerprint density at radius 1 is 1.09 bits per heavy atom. The van der Waals surface area contributed by atoms with Gasteiger partial charge >= 0.3 is 0 Å². The maximum atomic E-state index is 13.2. The van der Waals surface area contributed by atoms with Crippen LogP contribution in [0, 0.1) is 5.92 Å². The van der Waals surface area contributed by atoms with Gasteiger partial charge in [0, 0.05) is 11.3 Å². The summed E-state index contributed by atoms with van der Waals surface area (Å²) in [6, 6.07) is -0.525. The topological polar surface area (TPSA) is 66.8 Å². The number of methoxy groups -OCH3 is 1. The van der Waals surface area contributed by atoms with E-state index in [1.165, 1.54) is 4.90 Å². The van der Waals surface area contributed by atoms with Crippen molar-refractivity contribution in [3.05, 3.63) is 83.5 Å². The first-order chi connectivity index (χ1) is 15.3. The Morgan fingerprint density at radius 3 is 2.41 bits per heavy atom. The molecule has 5 nitrogen and oxygen atoms in total. The molecule has 1 heterocycles. The monoisotopic (exact) mass is 435 g/mol. The molecule has 0 aromatic carbocycles. The first-order valence-corrected chi connectivity index (χ1v) is 11.3. The average Bonchev–Trinajstić information content (AvgIpc) is 3.06. The number of ketones is 1. The Morgan fingerprint density at radius 2 is 1.78 bits per heavy atom. The van der Waals surface area contributed by atoms with Crippen LogP contribution in [0.3, 0.4) is 0 Å². The summed E-state index contributed by atoms with van der Waals surface area (Å²) in [5.41, 5.74) is 1.97. The third-order valence-electron chi connectivity index (χ3n) is 6.30. The molecule has 1 amide bonds. The molecule has 1 saturated heterocycles. The van der Waals surface area contributed by atoms with Crippen molar-refractivity contribution < 1.29 is 19.4 Å². The minimum Gasteiger partial charge on any atom is -0.507 e. The number of Topliss-reactive ketones (excluding diaryl/α,β-unsaturated/α-hetero) is 1. The number of allylic oxidation sites excluding steroid dienone is 7. The Balaban J connectivity index is 2.08. The van der Waals surface area contributed by atoms with Crippen molar-refractivity contribution in [3.63, 3.8) is 0 Å². The highest BCUT2D eigenvalue weighted by Gasteiger charge is 2.49. The third kappa shape index (κ3) is 5.04. The highest BCUT2D eigenvalue weighted by molar-refractivity contribution is 6.46. The quantitative estimate of drug-likeness (QED) is 0.194. The fourth-order valence-electron chi connectivity index (χ4n) is 4.66. The minimum absolute atomic E-state index is 0.0862. The van der Waals surface area contributed by atoms with Crippen molar-refractivity contribution in [3.8, 4) is 0 Å². The third-order valence-corrected chi connectivity index (χ3v) is 6.30. The van der Waals surface area contributed by atoms with Gasteiger partial charge in [-0.25, -0.2) is 0 Å². The Hall–Kier alpha value is -3.08. The number of likely N-dealkylation sites (tertiary alicyclic amines) is 1. The van der Waals surface area contributed by atoms with E-state index in [1.807, 2.05) is 19.1 Å². The molecule has 1 N–H and O–H groups in total. The van der Waals surface area contributed by atoms with E-state index < -0.39 is 17.7 Å². The van der Waals surface area contributed by atoms with Crippen LogP contribution >= 0.6 is 0 Å². The molecule has 1 unspecified atom stereocenters. The number of hydrogen-bond acceptors (Lipinski definition) is 4. The Kier molecular flexibility index (Phi) is 7.73. The SMILES string of the molecule is C=C(C)/C=C\C(=C)N1C(=O)C(=O)/C(=C(\O)C2=CCC=C(OC)C=C2)C1C1CCCCCC1. The van der Waals surface area contributed by atoms with Crippen molar-refractivity contribution >= 4 is 11.7 Å². The summed E-state index contributed by atoms with van der Waals surface area (Å²) in [4.78, 5) is 27.8. The fraction of sp³-hybridized carbons (Fsp3) is 0.407. The average molecular weight is 436 g/mol. The van der Waals surface area contributed by atoms with Gasteiger partial charge in [0.15, 0.2) is 0 Å². The van der Waals surface area contributed by atoms with Gasteiger partial charge in [0.05, 0.1) is 18.7 Å². The van der Waals surface area contributed by atoms with E-state index in [9.17, 15) is 14.7 Å². The molecule has 3 aliphatic rings. The summed E-state index contributed by atoms with van der Waals surface area (Å²) in [5, 5.41) is 11.3. The van der Waals surface area contributed by atoms with Crippen LogP contribution in [-0.4, -0.2) is 34.8 Å². The highest BCUT2D eigenvalue weighted by Crippen LogP contribution is 2.40. The molecule has 1 saturated carbocycles. The smallest absolute Gasteiger partial charge is 0.299 e. The Labute approximate surface area is 190 Å². The second-order valence-corrected chi connectivity index (χ2v) is 8.67. The molecule has 1 atom stereocenters. The van der Waals surface area contributed by atoms with Crippen LogP contribution in [0.5, 0.6) is 0 Å². The van der Waals surface area contributed by atoms with Crippen LogP contribution in [0.15, 0.2) is 83.5 Å². The van der Waals surface area contributed by atoms with Gasteiger partial charge in [-0.2, -0.15) is 0 Å². The van der Waals surface area contributed by atoms with Crippen LogP contribution in [0.25, 0.3) is 0 Å². The number of rotatable bonds is 6. The van der Waals surface area contributed by atoms with Gasteiger partial charge in [0.25, 0.3) is 11.7 Å². The van der Waals surface area contributed by atoms with Crippen LogP contribution in [0.4, 0.5) is 0 Å². The summed E-state index contributed by atoms with van der Waals surface area (Å²) in [6.07, 6.45) is 17.4. The number of carbonyl (C=O) groups excluding carboxylic acids is 2. The summed E-state index contributed by atoms with van der Waals surface area (Å²) < 4.78 is 5.28. The molecule has 1 aliphatic heterocycles. The molecule has 0 aromatic rings. The molecule has 5 heteroatoms. The molecule has 2 fully saturated rings. The minimum atomic E-state index is -0.653. The number of carbonyl (C=O) groups is 2. The zero-order valence-corrected chi connectivity index (χ0v) is 19.1. The van der Waals surface area contributed by atoms with Crippen molar-refractivity contribution in [2.75, 3.05) is 7.11 Å². The standard InChI is InChI=1S/C27H33NO4/c1-18(2)14-15-19(3)28-24(20-10-7-5-6-8-11-20)23(26(30)27(28)31)25(29)21-12-9-13-22(32-4)17-16-21/h12-17,20,24,29H,1,3,5-11H2,2,4H3/b15-14-,25-23-. The van der Waals surface area contributed by atoms with Crippen LogP contribution in [-0.2, 0) is 14.3 Å². The number of hydrogen-bond donors (Lipinski definition) is 1. The highest BCUT2D eigenvalue weighted by atomic mass is 16.5. The van der Waals surface area contributed by atoms with Gasteiger partial charge in [-0.15, -0.1) is 0 Å². The lowest BCUT2D eigenvalue weighted by Crippen LogP contribution is -2.38. The summed E-state index contributed by atoms with van der Waals surface area (Å²) in [5.74, 6) is -0.642. The number of nitrogens with zero attached hydrogens (tertiary/aromatic N) is 1. The zero-order valence-electron chi connectivity index (χ0n) is 19.1. The predicted octanol–water partition coefficient (Wildman–Crippen LogP) is 5.61. The van der Waals surface area contributed by atoms with Gasteiger partial charge in [0.2, 0.25) is 0 Å². The molecular weight excluding hydrogens is 402 g/mol. The number of aliphatic hydroxyl groups is 1. The van der Waals surface area contributed by atoms with Gasteiger partial charge in [-0.1, -0.05) is 56.6 Å². The summed E-state index contributed by atoms with van der Waals surface area (Å²) >= 11 is 0. The van der Waals surface area contributed by atoms with Crippen LogP contribution in [0.1, 0.15) is 51.9 Å². The molecule has 32 heavy (non-hydrogen) atoms. The van der Waals surface area contributed by atoms with E-state index in [0.717, 1.165) is 44.1 Å². The predicted molar refractivity (Wildman–Crippen MR) is 127 cm³/mol. The van der Waals surface area contributed by atoms with E-state index in [4.69, 9.17) is 4.74 Å². The van der Waals surface area contributed by atoms with E-state index in [0.29, 0.717) is 23.5 Å². The first-order valence-electron chi connectivity index (χ1n) is 11.3.